The summed E-state index contributed by atoms with van der Waals surface area (Å²) >= 11 is 0. The average Bonchev–Trinajstić information content (AvgIpc) is 2.73. The lowest BCUT2D eigenvalue weighted by atomic mass is 10.1. The third kappa shape index (κ3) is 4.76. The molecule has 6 nitrogen and oxygen atoms in total. The maximum Gasteiger partial charge on any atom is 0.227 e. The summed E-state index contributed by atoms with van der Waals surface area (Å²) in [4.78, 5) is 16.3. The molecule has 0 amide bonds. The van der Waals surface area contributed by atoms with Crippen molar-refractivity contribution in [3.63, 3.8) is 0 Å². The van der Waals surface area contributed by atoms with Gasteiger partial charge >= 0.3 is 0 Å². The van der Waals surface area contributed by atoms with Gasteiger partial charge in [0.15, 0.2) is 0 Å². The summed E-state index contributed by atoms with van der Waals surface area (Å²) in [5, 5.41) is 9.92. The first-order valence-electron chi connectivity index (χ1n) is 10.1. The van der Waals surface area contributed by atoms with Gasteiger partial charge in [0, 0.05) is 52.0 Å². The lowest BCUT2D eigenvalue weighted by molar-refractivity contribution is 0.154. The minimum absolute atomic E-state index is 0.245. The number of β-amino-alcohol motifs (C(OH)–C–C–N with tert-alkyl or cyclic N) is 1. The Labute approximate surface area is 161 Å². The predicted molar refractivity (Wildman–Crippen MR) is 108 cm³/mol. The van der Waals surface area contributed by atoms with E-state index in [1.165, 1.54) is 5.56 Å². The summed E-state index contributed by atoms with van der Waals surface area (Å²) in [7, 11) is 0. The first kappa shape index (κ1) is 18.2. The quantitative estimate of drug-likeness (QED) is 0.870. The normalized spacial score (nSPS) is 21.4. The van der Waals surface area contributed by atoms with E-state index in [1.807, 2.05) is 12.3 Å². The summed E-state index contributed by atoms with van der Waals surface area (Å²) in [5.74, 6) is 1.75. The third-order valence-corrected chi connectivity index (χ3v) is 5.56. The van der Waals surface area contributed by atoms with E-state index >= 15 is 0 Å². The van der Waals surface area contributed by atoms with E-state index in [4.69, 9.17) is 4.98 Å². The number of hydrogen-bond acceptors (Lipinski definition) is 6. The van der Waals surface area contributed by atoms with Crippen molar-refractivity contribution >= 4 is 11.8 Å². The maximum absolute atomic E-state index is 9.92. The van der Waals surface area contributed by atoms with E-state index in [-0.39, 0.29) is 6.10 Å². The molecule has 0 unspecified atom stereocenters. The van der Waals surface area contributed by atoms with Crippen molar-refractivity contribution in [1.29, 1.82) is 0 Å². The van der Waals surface area contributed by atoms with E-state index in [1.54, 1.807) is 0 Å². The molecular weight excluding hydrogens is 338 g/mol. The van der Waals surface area contributed by atoms with Gasteiger partial charge in [0.05, 0.1) is 6.10 Å². The number of aliphatic hydroxyl groups excluding tert-OH is 1. The molecule has 1 N–H and O–H groups in total. The Bertz CT molecular complexity index is 718. The molecule has 0 spiro atoms. The first-order chi connectivity index (χ1) is 13.3. The van der Waals surface area contributed by atoms with E-state index in [0.29, 0.717) is 6.54 Å². The van der Waals surface area contributed by atoms with Gasteiger partial charge in [-0.15, -0.1) is 0 Å². The monoisotopic (exact) mass is 367 g/mol. The summed E-state index contributed by atoms with van der Waals surface area (Å²) in [6.07, 6.45) is 4.61. The first-order valence-corrected chi connectivity index (χ1v) is 10.1. The van der Waals surface area contributed by atoms with E-state index in [9.17, 15) is 5.11 Å². The second-order valence-corrected chi connectivity index (χ2v) is 7.52. The smallest absolute Gasteiger partial charge is 0.227 e. The summed E-state index contributed by atoms with van der Waals surface area (Å²) < 4.78 is 0. The molecular formula is C21H29N5O. The van der Waals surface area contributed by atoms with Crippen molar-refractivity contribution in [2.45, 2.75) is 25.4 Å². The van der Waals surface area contributed by atoms with Crippen LogP contribution in [0.4, 0.5) is 11.8 Å². The second kappa shape index (κ2) is 8.67. The van der Waals surface area contributed by atoms with Crippen molar-refractivity contribution in [2.75, 3.05) is 55.6 Å². The van der Waals surface area contributed by atoms with E-state index in [0.717, 1.165) is 70.3 Å². The van der Waals surface area contributed by atoms with Crippen molar-refractivity contribution in [3.8, 4) is 0 Å². The minimum atomic E-state index is -0.245. The van der Waals surface area contributed by atoms with Gasteiger partial charge in [-0.1, -0.05) is 30.3 Å². The van der Waals surface area contributed by atoms with Crippen LogP contribution in [0.25, 0.3) is 0 Å². The number of aliphatic hydroxyl groups is 1. The molecule has 0 aliphatic carbocycles. The number of rotatable bonds is 5. The molecule has 2 aromatic rings. The molecule has 0 saturated carbocycles. The molecule has 2 fully saturated rings. The zero-order valence-electron chi connectivity index (χ0n) is 15.9. The van der Waals surface area contributed by atoms with Gasteiger partial charge in [0.1, 0.15) is 5.82 Å². The largest absolute Gasteiger partial charge is 0.391 e. The molecule has 27 heavy (non-hydrogen) atoms. The van der Waals surface area contributed by atoms with Crippen molar-refractivity contribution in [1.82, 2.24) is 14.9 Å². The molecule has 1 atom stereocenters. The number of benzene rings is 1. The molecule has 2 aliphatic heterocycles. The Hall–Kier alpha value is -2.18. The van der Waals surface area contributed by atoms with E-state index in [2.05, 4.69) is 50.0 Å². The van der Waals surface area contributed by atoms with Crippen LogP contribution in [-0.2, 0) is 6.42 Å². The van der Waals surface area contributed by atoms with Gasteiger partial charge in [-0.2, -0.15) is 4.98 Å². The average molecular weight is 367 g/mol. The molecule has 1 aromatic heterocycles. The highest BCUT2D eigenvalue weighted by Crippen LogP contribution is 2.20. The van der Waals surface area contributed by atoms with Gasteiger partial charge in [-0.05, 0) is 30.9 Å². The van der Waals surface area contributed by atoms with Crippen LogP contribution in [0.3, 0.4) is 0 Å². The molecule has 3 heterocycles. The number of aromatic nitrogens is 2. The Balaban J connectivity index is 1.31. The highest BCUT2D eigenvalue weighted by atomic mass is 16.3. The van der Waals surface area contributed by atoms with Gasteiger partial charge in [-0.25, -0.2) is 4.98 Å². The Morgan fingerprint density at radius 2 is 1.78 bits per heavy atom. The fourth-order valence-electron chi connectivity index (χ4n) is 3.93. The van der Waals surface area contributed by atoms with Gasteiger partial charge in [0.2, 0.25) is 5.95 Å². The van der Waals surface area contributed by atoms with Crippen LogP contribution >= 0.6 is 0 Å². The number of piperidine rings is 1. The number of nitrogens with zero attached hydrogens (tertiary/aromatic N) is 5. The summed E-state index contributed by atoms with van der Waals surface area (Å²) in [6.45, 7) is 6.74. The van der Waals surface area contributed by atoms with Crippen LogP contribution < -0.4 is 9.80 Å². The van der Waals surface area contributed by atoms with Crippen LogP contribution in [0, 0.1) is 0 Å². The number of anilines is 2. The third-order valence-electron chi connectivity index (χ3n) is 5.56. The molecule has 2 saturated heterocycles. The number of hydrogen-bond donors (Lipinski definition) is 1. The zero-order chi connectivity index (χ0) is 18.5. The molecule has 6 heteroatoms. The van der Waals surface area contributed by atoms with Crippen molar-refractivity contribution in [2.24, 2.45) is 0 Å². The SMILES string of the molecule is O[C@H]1CCCN(c2ccnc(N3CCN(CCc4ccccc4)CC3)n2)C1. The topological polar surface area (TPSA) is 55.7 Å². The van der Waals surface area contributed by atoms with Crippen LogP contribution in [0.5, 0.6) is 0 Å². The van der Waals surface area contributed by atoms with Crippen LogP contribution in [-0.4, -0.2) is 71.9 Å². The lowest BCUT2D eigenvalue weighted by Crippen LogP contribution is -2.47. The van der Waals surface area contributed by atoms with Crippen LogP contribution in [0.1, 0.15) is 18.4 Å². The van der Waals surface area contributed by atoms with Gasteiger partial charge < -0.3 is 14.9 Å². The Kier molecular flexibility index (Phi) is 5.84. The summed E-state index contributed by atoms with van der Waals surface area (Å²) in [6, 6.07) is 12.6. The fourth-order valence-corrected chi connectivity index (χ4v) is 3.93. The second-order valence-electron chi connectivity index (χ2n) is 7.52. The zero-order valence-corrected chi connectivity index (χ0v) is 15.9. The highest BCUT2D eigenvalue weighted by Gasteiger charge is 2.22. The van der Waals surface area contributed by atoms with Crippen molar-refractivity contribution < 1.29 is 5.11 Å². The molecule has 144 valence electrons. The standard InChI is InChI=1S/C21H29N5O/c27-19-7-4-11-26(17-19)20-8-10-22-21(23-20)25-15-13-24(14-16-25)12-9-18-5-2-1-3-6-18/h1-3,5-6,8,10,19,27H,4,7,9,11-17H2/t19-/m0/s1. The predicted octanol–water partition coefficient (Wildman–Crippen LogP) is 1.80. The Morgan fingerprint density at radius 3 is 2.56 bits per heavy atom. The molecule has 2 aliphatic rings. The molecule has 1 aromatic carbocycles. The van der Waals surface area contributed by atoms with E-state index < -0.39 is 0 Å². The van der Waals surface area contributed by atoms with Crippen LogP contribution in [0.2, 0.25) is 0 Å². The minimum Gasteiger partial charge on any atom is -0.391 e. The highest BCUT2D eigenvalue weighted by molar-refractivity contribution is 5.44. The lowest BCUT2D eigenvalue weighted by Gasteiger charge is -2.35. The fraction of sp³-hybridized carbons (Fsp3) is 0.524. The van der Waals surface area contributed by atoms with Gasteiger partial charge in [0.25, 0.3) is 0 Å². The van der Waals surface area contributed by atoms with Crippen molar-refractivity contribution in [3.05, 3.63) is 48.2 Å². The molecule has 4 rings (SSSR count). The Morgan fingerprint density at radius 1 is 0.963 bits per heavy atom. The number of piperazine rings is 1. The maximum atomic E-state index is 9.92. The molecule has 0 radical (unpaired) electrons. The molecule has 0 bridgehead atoms. The summed E-state index contributed by atoms with van der Waals surface area (Å²) in [5.41, 5.74) is 1.40. The van der Waals surface area contributed by atoms with Gasteiger partial charge in [-0.3, -0.25) is 4.90 Å². The van der Waals surface area contributed by atoms with Crippen LogP contribution in [0.15, 0.2) is 42.6 Å².